The lowest BCUT2D eigenvalue weighted by Gasteiger charge is -2.02. The number of amides is 1. The fourth-order valence-electron chi connectivity index (χ4n) is 2.04. The Hall–Kier alpha value is -3.15. The molecule has 0 saturated heterocycles. The number of hydrogen-bond donors (Lipinski definition) is 1. The molecular weight excluding hydrogens is 294 g/mol. The monoisotopic (exact) mass is 309 g/mol. The van der Waals surface area contributed by atoms with Gasteiger partial charge in [-0.15, -0.1) is 10.2 Å². The quantitative estimate of drug-likeness (QED) is 0.784. The minimum atomic E-state index is -0.407. The number of ether oxygens (including phenoxy) is 1. The Morgan fingerprint density at radius 2 is 1.96 bits per heavy atom. The molecule has 0 atom stereocenters. The molecule has 0 bridgehead atoms. The molecule has 0 radical (unpaired) electrons. The summed E-state index contributed by atoms with van der Waals surface area (Å²) in [6.45, 7) is 0.399. The molecule has 0 saturated carbocycles. The summed E-state index contributed by atoms with van der Waals surface area (Å²) in [6.07, 6.45) is 0. The average Bonchev–Trinajstić information content (AvgIpc) is 3.11. The van der Waals surface area contributed by atoms with Gasteiger partial charge in [-0.25, -0.2) is 0 Å². The minimum absolute atomic E-state index is 0.0706. The molecule has 0 fully saturated rings. The van der Waals surface area contributed by atoms with Crippen LogP contribution in [-0.2, 0) is 6.54 Å². The van der Waals surface area contributed by atoms with Gasteiger partial charge in [-0.2, -0.15) is 0 Å². The van der Waals surface area contributed by atoms with Crippen molar-refractivity contribution < 1.29 is 13.9 Å². The van der Waals surface area contributed by atoms with Crippen LogP contribution in [0, 0.1) is 0 Å². The van der Waals surface area contributed by atoms with Crippen molar-refractivity contribution in [1.82, 2.24) is 15.5 Å². The Morgan fingerprint density at radius 1 is 1.13 bits per heavy atom. The SMILES string of the molecule is COc1cccc(-c2nnc(C(=O)NCc3ccccc3)o2)c1. The van der Waals surface area contributed by atoms with Crippen molar-refractivity contribution >= 4 is 5.91 Å². The number of benzene rings is 2. The van der Waals surface area contributed by atoms with E-state index in [0.717, 1.165) is 5.56 Å². The summed E-state index contributed by atoms with van der Waals surface area (Å²) in [6, 6.07) is 16.8. The van der Waals surface area contributed by atoms with Crippen molar-refractivity contribution in [3.05, 3.63) is 66.1 Å². The molecule has 6 nitrogen and oxygen atoms in total. The number of aromatic nitrogens is 2. The molecule has 1 amide bonds. The van der Waals surface area contributed by atoms with Crippen molar-refractivity contribution in [1.29, 1.82) is 0 Å². The average molecular weight is 309 g/mol. The molecule has 23 heavy (non-hydrogen) atoms. The van der Waals surface area contributed by atoms with Gasteiger partial charge in [0, 0.05) is 12.1 Å². The Morgan fingerprint density at radius 3 is 2.74 bits per heavy atom. The maximum absolute atomic E-state index is 12.1. The van der Waals surface area contributed by atoms with Gasteiger partial charge in [-0.05, 0) is 23.8 Å². The first-order valence-corrected chi connectivity index (χ1v) is 7.06. The molecule has 1 heterocycles. The first-order chi connectivity index (χ1) is 11.3. The topological polar surface area (TPSA) is 77.2 Å². The Bertz CT molecular complexity index is 800. The lowest BCUT2D eigenvalue weighted by Crippen LogP contribution is -2.23. The Balaban J connectivity index is 1.69. The van der Waals surface area contributed by atoms with Gasteiger partial charge in [0.25, 0.3) is 0 Å². The highest BCUT2D eigenvalue weighted by atomic mass is 16.5. The van der Waals surface area contributed by atoms with Gasteiger partial charge in [-0.1, -0.05) is 36.4 Å². The molecule has 0 aliphatic carbocycles. The van der Waals surface area contributed by atoms with Crippen LogP contribution in [0.1, 0.15) is 16.2 Å². The van der Waals surface area contributed by atoms with Crippen molar-refractivity contribution in [2.24, 2.45) is 0 Å². The predicted octanol–water partition coefficient (Wildman–Crippen LogP) is 2.68. The van der Waals surface area contributed by atoms with Crippen molar-refractivity contribution in [2.45, 2.75) is 6.54 Å². The maximum Gasteiger partial charge on any atom is 0.309 e. The van der Waals surface area contributed by atoms with Gasteiger partial charge in [0.1, 0.15) is 5.75 Å². The highest BCUT2D eigenvalue weighted by Gasteiger charge is 2.15. The van der Waals surface area contributed by atoms with Crippen LogP contribution in [-0.4, -0.2) is 23.2 Å². The van der Waals surface area contributed by atoms with E-state index in [1.807, 2.05) is 48.5 Å². The number of nitrogens with zero attached hydrogens (tertiary/aromatic N) is 2. The van der Waals surface area contributed by atoms with E-state index in [4.69, 9.17) is 9.15 Å². The van der Waals surface area contributed by atoms with Crippen LogP contribution < -0.4 is 10.1 Å². The number of methoxy groups -OCH3 is 1. The summed E-state index contributed by atoms with van der Waals surface area (Å²) in [7, 11) is 1.58. The number of nitrogens with one attached hydrogen (secondary N) is 1. The summed E-state index contributed by atoms with van der Waals surface area (Å²) in [5.41, 5.74) is 1.69. The second-order valence-corrected chi connectivity index (χ2v) is 4.81. The van der Waals surface area contributed by atoms with E-state index in [0.29, 0.717) is 17.9 Å². The molecule has 3 aromatic rings. The van der Waals surface area contributed by atoms with E-state index in [9.17, 15) is 4.79 Å². The van der Waals surface area contributed by atoms with Gasteiger partial charge < -0.3 is 14.5 Å². The van der Waals surface area contributed by atoms with Gasteiger partial charge in [0.2, 0.25) is 5.89 Å². The summed E-state index contributed by atoms with van der Waals surface area (Å²) in [5, 5.41) is 10.4. The van der Waals surface area contributed by atoms with Crippen LogP contribution in [0.5, 0.6) is 5.75 Å². The summed E-state index contributed by atoms with van der Waals surface area (Å²) in [4.78, 5) is 12.1. The molecule has 2 aromatic carbocycles. The number of carbonyl (C=O) groups is 1. The molecule has 1 N–H and O–H groups in total. The zero-order valence-corrected chi connectivity index (χ0v) is 12.5. The van der Waals surface area contributed by atoms with Gasteiger partial charge >= 0.3 is 11.8 Å². The third-order valence-electron chi connectivity index (χ3n) is 3.23. The van der Waals surface area contributed by atoms with E-state index in [2.05, 4.69) is 15.5 Å². The number of rotatable bonds is 5. The molecule has 0 unspecified atom stereocenters. The third kappa shape index (κ3) is 3.55. The number of carbonyl (C=O) groups excluding carboxylic acids is 1. The lowest BCUT2D eigenvalue weighted by molar-refractivity contribution is 0.0917. The molecule has 1 aromatic heterocycles. The first-order valence-electron chi connectivity index (χ1n) is 7.06. The zero-order valence-electron chi connectivity index (χ0n) is 12.5. The first kappa shape index (κ1) is 14.8. The second-order valence-electron chi connectivity index (χ2n) is 4.81. The fraction of sp³-hybridized carbons (Fsp3) is 0.118. The third-order valence-corrected chi connectivity index (χ3v) is 3.23. The van der Waals surface area contributed by atoms with Crippen LogP contribution in [0.3, 0.4) is 0 Å². The van der Waals surface area contributed by atoms with Crippen molar-refractivity contribution in [3.63, 3.8) is 0 Å². The van der Waals surface area contributed by atoms with E-state index in [1.54, 1.807) is 13.2 Å². The highest BCUT2D eigenvalue weighted by molar-refractivity contribution is 5.89. The van der Waals surface area contributed by atoms with Crippen LogP contribution in [0.25, 0.3) is 11.5 Å². The molecule has 0 aliphatic rings. The van der Waals surface area contributed by atoms with E-state index in [-0.39, 0.29) is 11.8 Å². The standard InChI is InChI=1S/C17H15N3O3/c1-22-14-9-5-8-13(10-14)16-19-20-17(23-16)15(21)18-11-12-6-3-2-4-7-12/h2-10H,11H2,1H3,(H,18,21). The predicted molar refractivity (Wildman–Crippen MR) is 83.9 cm³/mol. The van der Waals surface area contributed by atoms with Crippen LogP contribution in [0.2, 0.25) is 0 Å². The van der Waals surface area contributed by atoms with Crippen molar-refractivity contribution in [2.75, 3.05) is 7.11 Å². The summed E-state index contributed by atoms with van der Waals surface area (Å²) < 4.78 is 10.6. The van der Waals surface area contributed by atoms with Gasteiger partial charge in [0.05, 0.1) is 7.11 Å². The smallest absolute Gasteiger partial charge is 0.309 e. The molecule has 116 valence electrons. The molecular formula is C17H15N3O3. The van der Waals surface area contributed by atoms with E-state index >= 15 is 0 Å². The van der Waals surface area contributed by atoms with Crippen molar-refractivity contribution in [3.8, 4) is 17.2 Å². The van der Waals surface area contributed by atoms with Gasteiger partial charge in [-0.3, -0.25) is 4.79 Å². The minimum Gasteiger partial charge on any atom is -0.497 e. The largest absolute Gasteiger partial charge is 0.497 e. The summed E-state index contributed by atoms with van der Waals surface area (Å²) >= 11 is 0. The number of hydrogen-bond acceptors (Lipinski definition) is 5. The molecule has 0 aliphatic heterocycles. The van der Waals surface area contributed by atoms with E-state index in [1.165, 1.54) is 0 Å². The fourth-order valence-corrected chi connectivity index (χ4v) is 2.04. The summed E-state index contributed by atoms with van der Waals surface area (Å²) in [5.74, 6) is 0.471. The highest BCUT2D eigenvalue weighted by Crippen LogP contribution is 2.22. The van der Waals surface area contributed by atoms with Crippen LogP contribution in [0.4, 0.5) is 0 Å². The van der Waals surface area contributed by atoms with E-state index < -0.39 is 5.91 Å². The molecule has 3 rings (SSSR count). The molecule has 6 heteroatoms. The van der Waals surface area contributed by atoms with Gasteiger partial charge in [0.15, 0.2) is 0 Å². The maximum atomic E-state index is 12.1. The lowest BCUT2D eigenvalue weighted by atomic mass is 10.2. The van der Waals surface area contributed by atoms with Crippen LogP contribution >= 0.6 is 0 Å². The molecule has 0 spiro atoms. The van der Waals surface area contributed by atoms with Crippen LogP contribution in [0.15, 0.2) is 59.0 Å². The second kappa shape index (κ2) is 6.74. The normalized spacial score (nSPS) is 10.3. The zero-order chi connectivity index (χ0) is 16.1. The Labute approximate surface area is 133 Å². The Kier molecular flexibility index (Phi) is 4.33.